The molecule has 0 atom stereocenters. The molecule has 1 heterocycles. The van der Waals surface area contributed by atoms with Gasteiger partial charge >= 0.3 is 6.18 Å². The Kier molecular flexibility index (Phi) is 4.04. The molecule has 0 aliphatic heterocycles. The zero-order valence-electron chi connectivity index (χ0n) is 11.7. The van der Waals surface area contributed by atoms with Crippen molar-refractivity contribution in [3.8, 4) is 0 Å². The molecule has 21 heavy (non-hydrogen) atoms. The molecular formula is C14H13F3N2OS. The monoisotopic (exact) mass is 314 g/mol. The van der Waals surface area contributed by atoms with Crippen LogP contribution in [0, 0.1) is 6.92 Å². The molecular weight excluding hydrogens is 301 g/mol. The predicted molar refractivity (Wildman–Crippen MR) is 74.7 cm³/mol. The number of aromatic nitrogens is 1. The smallest absolute Gasteiger partial charge is 0.323 e. The minimum atomic E-state index is -4.36. The van der Waals surface area contributed by atoms with Gasteiger partial charge in [-0.15, -0.1) is 0 Å². The topological polar surface area (TPSA) is 34.4 Å². The molecule has 0 saturated carbocycles. The minimum Gasteiger partial charge on any atom is -0.323 e. The Bertz CT molecular complexity index is 739. The van der Waals surface area contributed by atoms with Crippen LogP contribution < -0.4 is 4.80 Å². The fourth-order valence-corrected chi connectivity index (χ4v) is 2.83. The van der Waals surface area contributed by atoms with Gasteiger partial charge in [0.15, 0.2) is 10.6 Å². The van der Waals surface area contributed by atoms with Gasteiger partial charge in [-0.1, -0.05) is 11.3 Å². The molecule has 0 N–H and O–H groups in total. The van der Waals surface area contributed by atoms with Gasteiger partial charge in [0.05, 0.1) is 16.1 Å². The molecule has 0 aliphatic rings. The van der Waals surface area contributed by atoms with Crippen molar-refractivity contribution in [3.63, 3.8) is 0 Å². The van der Waals surface area contributed by atoms with Crippen LogP contribution in [0.1, 0.15) is 27.9 Å². The van der Waals surface area contributed by atoms with Crippen LogP contribution in [-0.4, -0.2) is 10.4 Å². The third kappa shape index (κ3) is 3.24. The summed E-state index contributed by atoms with van der Waals surface area (Å²) in [7, 11) is 1.77. The lowest BCUT2D eigenvalue weighted by Crippen LogP contribution is -2.11. The first kappa shape index (κ1) is 15.5. The van der Waals surface area contributed by atoms with Gasteiger partial charge in [-0.2, -0.15) is 13.2 Å². The van der Waals surface area contributed by atoms with Gasteiger partial charge in [0.1, 0.15) is 0 Å². The number of rotatable bonds is 2. The minimum absolute atomic E-state index is 0.0537. The third-order valence-electron chi connectivity index (χ3n) is 3.05. The number of ketones is 1. The first-order chi connectivity index (χ1) is 9.70. The number of Topliss-reactive ketones (excluding diaryl/α,β-unsaturated/α-hetero) is 1. The predicted octanol–water partition coefficient (Wildman–Crippen LogP) is 3.85. The maximum absolute atomic E-state index is 12.5. The zero-order valence-corrected chi connectivity index (χ0v) is 12.5. The highest BCUT2D eigenvalue weighted by Crippen LogP contribution is 2.30. The number of alkyl halides is 3. The van der Waals surface area contributed by atoms with Crippen molar-refractivity contribution in [1.82, 2.24) is 4.57 Å². The van der Waals surface area contributed by atoms with Gasteiger partial charge in [-0.3, -0.25) is 4.79 Å². The lowest BCUT2D eigenvalue weighted by Gasteiger charge is -2.05. The summed E-state index contributed by atoms with van der Waals surface area (Å²) in [6.07, 6.45) is -4.36. The molecule has 0 aliphatic carbocycles. The number of carbonyl (C=O) groups is 1. The molecule has 0 amide bonds. The molecule has 0 radical (unpaired) electrons. The van der Waals surface area contributed by atoms with Crippen LogP contribution >= 0.6 is 11.3 Å². The number of hydrogen-bond donors (Lipinski definition) is 0. The Hall–Kier alpha value is -1.89. The van der Waals surface area contributed by atoms with Gasteiger partial charge in [0.2, 0.25) is 0 Å². The summed E-state index contributed by atoms with van der Waals surface area (Å²) in [5.41, 5.74) is 0.491. The van der Waals surface area contributed by atoms with Crippen LogP contribution in [0.4, 0.5) is 18.9 Å². The second kappa shape index (κ2) is 5.48. The van der Waals surface area contributed by atoms with Crippen LogP contribution in [0.25, 0.3) is 0 Å². The highest BCUT2D eigenvalue weighted by atomic mass is 32.1. The largest absolute Gasteiger partial charge is 0.416 e. The normalized spacial score (nSPS) is 12.8. The molecule has 0 bridgehead atoms. The van der Waals surface area contributed by atoms with Gasteiger partial charge in [0, 0.05) is 19.7 Å². The molecule has 2 rings (SSSR count). The van der Waals surface area contributed by atoms with E-state index in [4.69, 9.17) is 0 Å². The van der Waals surface area contributed by atoms with E-state index < -0.39 is 11.7 Å². The molecule has 0 spiro atoms. The number of carbonyl (C=O) groups excluding carboxylic acids is 1. The maximum Gasteiger partial charge on any atom is 0.416 e. The molecule has 1 aromatic carbocycles. The Morgan fingerprint density at radius 2 is 1.81 bits per heavy atom. The summed E-state index contributed by atoms with van der Waals surface area (Å²) in [6, 6.07) is 4.60. The number of hydrogen-bond acceptors (Lipinski definition) is 3. The van der Waals surface area contributed by atoms with Crippen molar-refractivity contribution in [2.75, 3.05) is 0 Å². The van der Waals surface area contributed by atoms with Crippen molar-refractivity contribution >= 4 is 22.8 Å². The molecule has 7 heteroatoms. The molecule has 0 fully saturated rings. The van der Waals surface area contributed by atoms with Crippen LogP contribution in [0.5, 0.6) is 0 Å². The highest BCUT2D eigenvalue weighted by molar-refractivity contribution is 7.11. The standard InChI is InChI=1S/C14H13F3N2OS/c1-8-12(9(2)20)21-13(19(8)3)18-11-6-4-10(5-7-11)14(15,16)17/h4-7H,1-3H3. The van der Waals surface area contributed by atoms with Crippen LogP contribution in [0.15, 0.2) is 29.3 Å². The van der Waals surface area contributed by atoms with Crippen molar-refractivity contribution < 1.29 is 18.0 Å². The Labute approximate surface area is 123 Å². The van der Waals surface area contributed by atoms with Crippen molar-refractivity contribution in [1.29, 1.82) is 0 Å². The van der Waals surface area contributed by atoms with Gasteiger partial charge < -0.3 is 4.57 Å². The fourth-order valence-electron chi connectivity index (χ4n) is 1.79. The molecule has 112 valence electrons. The zero-order chi connectivity index (χ0) is 15.8. The van der Waals surface area contributed by atoms with Crippen molar-refractivity contribution in [3.05, 3.63) is 45.2 Å². The number of benzene rings is 1. The van der Waals surface area contributed by atoms with E-state index >= 15 is 0 Å². The Morgan fingerprint density at radius 3 is 2.24 bits per heavy atom. The van der Waals surface area contributed by atoms with Crippen LogP contribution in [-0.2, 0) is 13.2 Å². The van der Waals surface area contributed by atoms with E-state index in [1.54, 1.807) is 18.5 Å². The number of thiazole rings is 1. The average Bonchev–Trinajstić information content (AvgIpc) is 2.67. The van der Waals surface area contributed by atoms with Gasteiger partial charge in [-0.05, 0) is 31.2 Å². The average molecular weight is 314 g/mol. The quantitative estimate of drug-likeness (QED) is 0.775. The first-order valence-electron chi connectivity index (χ1n) is 6.09. The maximum atomic E-state index is 12.5. The lowest BCUT2D eigenvalue weighted by molar-refractivity contribution is -0.137. The summed E-state index contributed by atoms with van der Waals surface area (Å²) in [4.78, 5) is 16.9. The molecule has 0 saturated heterocycles. The second-order valence-corrected chi connectivity index (χ2v) is 5.55. The fraction of sp³-hybridized carbons (Fsp3) is 0.286. The van der Waals surface area contributed by atoms with Crippen molar-refractivity contribution in [2.24, 2.45) is 12.0 Å². The molecule has 3 nitrogen and oxygen atoms in total. The van der Waals surface area contributed by atoms with Crippen LogP contribution in [0.3, 0.4) is 0 Å². The van der Waals surface area contributed by atoms with E-state index in [1.807, 2.05) is 0 Å². The van der Waals surface area contributed by atoms with E-state index in [0.717, 1.165) is 17.8 Å². The Balaban J connectivity index is 2.45. The first-order valence-corrected chi connectivity index (χ1v) is 6.91. The van der Waals surface area contributed by atoms with Gasteiger partial charge in [-0.25, -0.2) is 4.99 Å². The highest BCUT2D eigenvalue weighted by Gasteiger charge is 2.29. The lowest BCUT2D eigenvalue weighted by atomic mass is 10.2. The summed E-state index contributed by atoms with van der Waals surface area (Å²) >= 11 is 1.22. The summed E-state index contributed by atoms with van der Waals surface area (Å²) < 4.78 is 39.2. The van der Waals surface area contributed by atoms with Crippen molar-refractivity contribution in [2.45, 2.75) is 20.0 Å². The second-order valence-electron chi connectivity index (χ2n) is 4.57. The van der Waals surface area contributed by atoms with E-state index in [9.17, 15) is 18.0 Å². The third-order valence-corrected chi connectivity index (χ3v) is 4.39. The van der Waals surface area contributed by atoms with Gasteiger partial charge in [0.25, 0.3) is 0 Å². The molecule has 1 aromatic heterocycles. The SMILES string of the molecule is CC(=O)c1sc(=Nc2ccc(C(F)(F)F)cc2)n(C)c1C. The number of nitrogens with zero attached hydrogens (tertiary/aromatic N) is 2. The molecule has 0 unspecified atom stereocenters. The van der Waals surface area contributed by atoms with E-state index in [-0.39, 0.29) is 5.78 Å². The Morgan fingerprint density at radius 1 is 1.24 bits per heavy atom. The van der Waals surface area contributed by atoms with E-state index in [0.29, 0.717) is 15.4 Å². The van der Waals surface area contributed by atoms with E-state index in [2.05, 4.69) is 4.99 Å². The number of halogens is 3. The summed E-state index contributed by atoms with van der Waals surface area (Å²) in [6.45, 7) is 3.28. The summed E-state index contributed by atoms with van der Waals surface area (Å²) in [5.74, 6) is -0.0537. The van der Waals surface area contributed by atoms with Crippen LogP contribution in [0.2, 0.25) is 0 Å². The summed E-state index contributed by atoms with van der Waals surface area (Å²) in [5, 5.41) is 0. The van der Waals surface area contributed by atoms with E-state index in [1.165, 1.54) is 30.4 Å². The molecule has 2 aromatic rings.